The molecule has 0 radical (unpaired) electrons. The molecule has 0 spiro atoms. The minimum absolute atomic E-state index is 0.0884. The van der Waals surface area contributed by atoms with Gasteiger partial charge in [-0.05, 0) is 25.3 Å². The van der Waals surface area contributed by atoms with E-state index in [4.69, 9.17) is 4.74 Å². The maximum atomic E-state index is 12.5. The van der Waals surface area contributed by atoms with Crippen LogP contribution in [0.15, 0.2) is 24.3 Å². The van der Waals surface area contributed by atoms with Crippen LogP contribution in [0.3, 0.4) is 0 Å². The number of para-hydroxylation sites is 1. The maximum Gasteiger partial charge on any atom is 0.241 e. The number of ether oxygens (including phenoxy) is 1. The van der Waals surface area contributed by atoms with Crippen molar-refractivity contribution in [3.8, 4) is 0 Å². The maximum absolute atomic E-state index is 12.5. The molecule has 0 aliphatic carbocycles. The average molecular weight is 370 g/mol. The van der Waals surface area contributed by atoms with Gasteiger partial charge in [-0.15, -0.1) is 0 Å². The summed E-state index contributed by atoms with van der Waals surface area (Å²) in [5.74, 6) is -1.17. The first-order valence-electron chi connectivity index (χ1n) is 9.28. The molecule has 2 fully saturated rings. The molecule has 0 saturated carbocycles. The number of aromatic nitrogens is 2. The first-order chi connectivity index (χ1) is 13.1. The van der Waals surface area contributed by atoms with Gasteiger partial charge in [0.05, 0.1) is 17.1 Å². The fourth-order valence-electron chi connectivity index (χ4n) is 3.74. The van der Waals surface area contributed by atoms with Crippen molar-refractivity contribution in [3.63, 3.8) is 0 Å². The monoisotopic (exact) mass is 370 g/mol. The Bertz CT molecular complexity index is 885. The van der Waals surface area contributed by atoms with Gasteiger partial charge < -0.3 is 10.1 Å². The van der Waals surface area contributed by atoms with E-state index in [0.717, 1.165) is 23.7 Å². The molecule has 1 atom stereocenters. The molecule has 4 rings (SSSR count). The predicted molar refractivity (Wildman–Crippen MR) is 96.8 cm³/mol. The van der Waals surface area contributed by atoms with Gasteiger partial charge in [-0.25, -0.2) is 0 Å². The van der Waals surface area contributed by atoms with E-state index in [9.17, 15) is 14.4 Å². The minimum atomic E-state index is -0.479. The second-order valence-electron chi connectivity index (χ2n) is 7.02. The highest BCUT2D eigenvalue weighted by Gasteiger charge is 2.32. The SMILES string of the molecule is O=C1CCC(c2nn(CC(=O)NC3CCOCC3)c3ccccc23)C(=O)N1. The number of piperidine rings is 1. The molecule has 8 nitrogen and oxygen atoms in total. The van der Waals surface area contributed by atoms with Gasteiger partial charge in [-0.3, -0.25) is 24.4 Å². The van der Waals surface area contributed by atoms with Crippen molar-refractivity contribution in [2.75, 3.05) is 13.2 Å². The van der Waals surface area contributed by atoms with Crippen LogP contribution in [0.25, 0.3) is 10.9 Å². The summed E-state index contributed by atoms with van der Waals surface area (Å²) in [5, 5.41) is 10.8. The van der Waals surface area contributed by atoms with Crippen molar-refractivity contribution >= 4 is 28.6 Å². The highest BCUT2D eigenvalue weighted by atomic mass is 16.5. The number of carbonyl (C=O) groups excluding carboxylic acids is 3. The number of benzene rings is 1. The third-order valence-electron chi connectivity index (χ3n) is 5.14. The van der Waals surface area contributed by atoms with Crippen molar-refractivity contribution in [2.45, 2.75) is 44.2 Å². The van der Waals surface area contributed by atoms with Gasteiger partial charge in [0.15, 0.2) is 0 Å². The van der Waals surface area contributed by atoms with Gasteiger partial charge in [0.2, 0.25) is 17.7 Å². The molecule has 0 bridgehead atoms. The first kappa shape index (κ1) is 17.7. The van der Waals surface area contributed by atoms with Crippen LogP contribution in [-0.4, -0.2) is 46.8 Å². The Kier molecular flexibility index (Phi) is 4.89. The molecule has 27 heavy (non-hydrogen) atoms. The van der Waals surface area contributed by atoms with Crippen molar-refractivity contribution in [1.29, 1.82) is 0 Å². The lowest BCUT2D eigenvalue weighted by Gasteiger charge is -2.23. The van der Waals surface area contributed by atoms with Gasteiger partial charge in [0.25, 0.3) is 0 Å². The van der Waals surface area contributed by atoms with Crippen LogP contribution in [0.2, 0.25) is 0 Å². The third kappa shape index (κ3) is 3.71. The number of nitrogens with zero attached hydrogens (tertiary/aromatic N) is 2. The first-order valence-corrected chi connectivity index (χ1v) is 9.28. The topological polar surface area (TPSA) is 102 Å². The third-order valence-corrected chi connectivity index (χ3v) is 5.14. The van der Waals surface area contributed by atoms with Crippen molar-refractivity contribution in [1.82, 2.24) is 20.4 Å². The summed E-state index contributed by atoms with van der Waals surface area (Å²) in [6.45, 7) is 1.41. The molecule has 3 amide bonds. The summed E-state index contributed by atoms with van der Waals surface area (Å²) in [6.07, 6.45) is 2.35. The van der Waals surface area contributed by atoms with E-state index in [2.05, 4.69) is 15.7 Å². The standard InChI is InChI=1S/C19H22N4O4/c24-16-6-5-14(19(26)21-16)18-13-3-1-2-4-15(13)23(22-18)11-17(25)20-12-7-9-27-10-8-12/h1-4,12,14H,5-11H2,(H,20,25)(H,21,24,26). The Hall–Kier alpha value is -2.74. The summed E-state index contributed by atoms with van der Waals surface area (Å²) in [7, 11) is 0. The van der Waals surface area contributed by atoms with E-state index in [1.165, 1.54) is 0 Å². The van der Waals surface area contributed by atoms with Gasteiger partial charge in [-0.2, -0.15) is 5.10 Å². The fraction of sp³-hybridized carbons (Fsp3) is 0.474. The number of imide groups is 1. The highest BCUT2D eigenvalue weighted by Crippen LogP contribution is 2.30. The van der Waals surface area contributed by atoms with Gasteiger partial charge >= 0.3 is 0 Å². The van der Waals surface area contributed by atoms with E-state index < -0.39 is 5.92 Å². The van der Waals surface area contributed by atoms with Crippen LogP contribution < -0.4 is 10.6 Å². The molecule has 1 aromatic heterocycles. The van der Waals surface area contributed by atoms with Crippen molar-refractivity contribution in [3.05, 3.63) is 30.0 Å². The molecule has 3 heterocycles. The van der Waals surface area contributed by atoms with E-state index in [1.54, 1.807) is 4.68 Å². The number of fused-ring (bicyclic) bond motifs is 1. The zero-order valence-corrected chi connectivity index (χ0v) is 14.9. The largest absolute Gasteiger partial charge is 0.381 e. The molecule has 2 aromatic rings. The van der Waals surface area contributed by atoms with Crippen molar-refractivity contribution in [2.24, 2.45) is 0 Å². The Morgan fingerprint density at radius 1 is 1.22 bits per heavy atom. The van der Waals surface area contributed by atoms with Crippen LogP contribution in [0.1, 0.15) is 37.3 Å². The number of hydrogen-bond acceptors (Lipinski definition) is 5. The molecular formula is C19H22N4O4. The number of hydrogen-bond donors (Lipinski definition) is 2. The van der Waals surface area contributed by atoms with Crippen molar-refractivity contribution < 1.29 is 19.1 Å². The van der Waals surface area contributed by atoms with Crippen LogP contribution >= 0.6 is 0 Å². The molecule has 2 saturated heterocycles. The Morgan fingerprint density at radius 2 is 2.00 bits per heavy atom. The predicted octanol–water partition coefficient (Wildman–Crippen LogP) is 0.852. The molecule has 8 heteroatoms. The molecule has 2 aliphatic rings. The Labute approximate surface area is 156 Å². The number of amides is 3. The molecule has 2 aliphatic heterocycles. The number of rotatable bonds is 4. The summed E-state index contributed by atoms with van der Waals surface area (Å²) in [6, 6.07) is 7.67. The van der Waals surface area contributed by atoms with Gasteiger partial charge in [0, 0.05) is 31.1 Å². The van der Waals surface area contributed by atoms with Gasteiger partial charge in [0.1, 0.15) is 6.54 Å². The molecule has 142 valence electrons. The molecular weight excluding hydrogens is 348 g/mol. The lowest BCUT2D eigenvalue weighted by Crippen LogP contribution is -2.40. The lowest BCUT2D eigenvalue weighted by molar-refractivity contribution is -0.134. The second kappa shape index (κ2) is 7.48. The molecule has 1 aromatic carbocycles. The number of carbonyl (C=O) groups is 3. The van der Waals surface area contributed by atoms with E-state index in [-0.39, 0.29) is 30.3 Å². The van der Waals surface area contributed by atoms with Crippen LogP contribution in [0.4, 0.5) is 0 Å². The smallest absolute Gasteiger partial charge is 0.241 e. The quantitative estimate of drug-likeness (QED) is 0.777. The molecule has 2 N–H and O–H groups in total. The Balaban J connectivity index is 1.57. The lowest BCUT2D eigenvalue weighted by atomic mass is 9.93. The summed E-state index contributed by atoms with van der Waals surface area (Å²) in [4.78, 5) is 36.2. The number of nitrogens with one attached hydrogen (secondary N) is 2. The normalized spacial score (nSPS) is 21.3. The summed E-state index contributed by atoms with van der Waals surface area (Å²) in [5.41, 5.74) is 1.42. The minimum Gasteiger partial charge on any atom is -0.381 e. The average Bonchev–Trinajstić information content (AvgIpc) is 3.01. The fourth-order valence-corrected chi connectivity index (χ4v) is 3.74. The Morgan fingerprint density at radius 3 is 2.78 bits per heavy atom. The van der Waals surface area contributed by atoms with Gasteiger partial charge in [-0.1, -0.05) is 18.2 Å². The summed E-state index contributed by atoms with van der Waals surface area (Å²) >= 11 is 0. The van der Waals surface area contributed by atoms with E-state index in [0.29, 0.717) is 31.7 Å². The molecule has 1 unspecified atom stereocenters. The van der Waals surface area contributed by atoms with Crippen LogP contribution in [0.5, 0.6) is 0 Å². The highest BCUT2D eigenvalue weighted by molar-refractivity contribution is 6.02. The van der Waals surface area contributed by atoms with Crippen LogP contribution in [-0.2, 0) is 25.7 Å². The zero-order chi connectivity index (χ0) is 18.8. The van der Waals surface area contributed by atoms with E-state index in [1.807, 2.05) is 24.3 Å². The summed E-state index contributed by atoms with van der Waals surface area (Å²) < 4.78 is 6.96. The second-order valence-corrected chi connectivity index (χ2v) is 7.02. The zero-order valence-electron chi connectivity index (χ0n) is 14.9. The van der Waals surface area contributed by atoms with Crippen LogP contribution in [0, 0.1) is 0 Å². The van der Waals surface area contributed by atoms with E-state index >= 15 is 0 Å².